The van der Waals surface area contributed by atoms with Gasteiger partial charge in [-0.2, -0.15) is 0 Å². The van der Waals surface area contributed by atoms with E-state index in [0.717, 1.165) is 19.4 Å². The Kier molecular flexibility index (Phi) is 5.84. The number of hydrogen-bond donors (Lipinski definition) is 0. The van der Waals surface area contributed by atoms with E-state index in [1.54, 1.807) is 0 Å². The summed E-state index contributed by atoms with van der Waals surface area (Å²) in [6.45, 7) is 12.3. The number of aldehydes is 1. The normalized spacial score (nSPS) is 20.9. The average Bonchev–Trinajstić information content (AvgIpc) is 2.46. The molecular weight excluding hydrogens is 222 g/mol. The van der Waals surface area contributed by atoms with Crippen molar-refractivity contribution in [2.75, 3.05) is 19.6 Å². The van der Waals surface area contributed by atoms with Crippen LogP contribution >= 0.6 is 0 Å². The van der Waals surface area contributed by atoms with E-state index >= 15 is 0 Å². The minimum atomic E-state index is -0.0988. The molecule has 0 aromatic heterocycles. The first-order valence-corrected chi connectivity index (χ1v) is 7.78. The number of hydrogen-bond acceptors (Lipinski definition) is 2. The SMILES string of the molecule is CCC(C=O)(CC)CN1CCC(CC)(CC)CC1. The molecule has 1 rings (SSSR count). The van der Waals surface area contributed by atoms with Gasteiger partial charge in [0.15, 0.2) is 0 Å². The van der Waals surface area contributed by atoms with Crippen molar-refractivity contribution in [2.45, 2.75) is 66.2 Å². The second-order valence-corrected chi connectivity index (χ2v) is 6.17. The first-order valence-electron chi connectivity index (χ1n) is 7.78. The Balaban J connectivity index is 2.55. The van der Waals surface area contributed by atoms with Gasteiger partial charge in [0.05, 0.1) is 0 Å². The highest BCUT2D eigenvalue weighted by Crippen LogP contribution is 2.39. The number of nitrogens with zero attached hydrogens (tertiary/aromatic N) is 1. The summed E-state index contributed by atoms with van der Waals surface area (Å²) in [5.41, 5.74) is 0.483. The zero-order valence-electron chi connectivity index (χ0n) is 12.8. The molecule has 0 aromatic carbocycles. The minimum Gasteiger partial charge on any atom is -0.303 e. The summed E-state index contributed by atoms with van der Waals surface area (Å²) in [5.74, 6) is 0. The Morgan fingerprint density at radius 1 is 1.06 bits per heavy atom. The van der Waals surface area contributed by atoms with Crippen molar-refractivity contribution in [3.05, 3.63) is 0 Å². The lowest BCUT2D eigenvalue weighted by molar-refractivity contribution is -0.118. The number of carbonyl (C=O) groups is 1. The first-order chi connectivity index (χ1) is 8.59. The van der Waals surface area contributed by atoms with Gasteiger partial charge in [-0.3, -0.25) is 0 Å². The van der Waals surface area contributed by atoms with Crippen LogP contribution in [0.1, 0.15) is 66.2 Å². The van der Waals surface area contributed by atoms with Crippen molar-refractivity contribution in [1.82, 2.24) is 4.90 Å². The van der Waals surface area contributed by atoms with Crippen molar-refractivity contribution in [1.29, 1.82) is 0 Å². The van der Waals surface area contributed by atoms with Gasteiger partial charge in [0.2, 0.25) is 0 Å². The summed E-state index contributed by atoms with van der Waals surface area (Å²) < 4.78 is 0. The molecule has 0 saturated carbocycles. The molecule has 1 aliphatic heterocycles. The largest absolute Gasteiger partial charge is 0.303 e. The van der Waals surface area contributed by atoms with E-state index < -0.39 is 0 Å². The van der Waals surface area contributed by atoms with Crippen LogP contribution in [0, 0.1) is 10.8 Å². The number of rotatable bonds is 7. The van der Waals surface area contributed by atoms with Gasteiger partial charge in [-0.15, -0.1) is 0 Å². The molecule has 106 valence electrons. The lowest BCUT2D eigenvalue weighted by Gasteiger charge is -2.43. The van der Waals surface area contributed by atoms with Crippen LogP contribution in [0.15, 0.2) is 0 Å². The summed E-state index contributed by atoms with van der Waals surface area (Å²) in [6.07, 6.45) is 8.36. The summed E-state index contributed by atoms with van der Waals surface area (Å²) >= 11 is 0. The molecule has 0 aromatic rings. The number of piperidine rings is 1. The van der Waals surface area contributed by atoms with Gasteiger partial charge < -0.3 is 9.69 Å². The van der Waals surface area contributed by atoms with Crippen LogP contribution in [0.5, 0.6) is 0 Å². The smallest absolute Gasteiger partial charge is 0.127 e. The van der Waals surface area contributed by atoms with Crippen LogP contribution in [-0.2, 0) is 4.79 Å². The van der Waals surface area contributed by atoms with E-state index in [1.807, 2.05) is 0 Å². The van der Waals surface area contributed by atoms with Crippen LogP contribution in [-0.4, -0.2) is 30.8 Å². The molecule has 0 N–H and O–H groups in total. The highest BCUT2D eigenvalue weighted by Gasteiger charge is 2.34. The van der Waals surface area contributed by atoms with Crippen LogP contribution in [0.25, 0.3) is 0 Å². The van der Waals surface area contributed by atoms with Gasteiger partial charge in [-0.05, 0) is 44.2 Å². The Morgan fingerprint density at radius 2 is 1.56 bits per heavy atom. The zero-order chi connectivity index (χ0) is 13.6. The van der Waals surface area contributed by atoms with Gasteiger partial charge >= 0.3 is 0 Å². The van der Waals surface area contributed by atoms with Crippen LogP contribution in [0.4, 0.5) is 0 Å². The van der Waals surface area contributed by atoms with Crippen molar-refractivity contribution in [3.8, 4) is 0 Å². The second kappa shape index (κ2) is 6.70. The van der Waals surface area contributed by atoms with Gasteiger partial charge in [-0.25, -0.2) is 0 Å². The molecular formula is C16H31NO. The Bertz CT molecular complexity index is 244. The molecule has 0 atom stereocenters. The Labute approximate surface area is 113 Å². The molecule has 0 bridgehead atoms. The molecule has 0 radical (unpaired) electrons. The fraction of sp³-hybridized carbons (Fsp3) is 0.938. The van der Waals surface area contributed by atoms with E-state index in [-0.39, 0.29) is 5.41 Å². The van der Waals surface area contributed by atoms with Gasteiger partial charge in [-0.1, -0.05) is 40.5 Å². The second-order valence-electron chi connectivity index (χ2n) is 6.17. The molecule has 1 saturated heterocycles. The van der Waals surface area contributed by atoms with Crippen molar-refractivity contribution >= 4 is 6.29 Å². The van der Waals surface area contributed by atoms with Gasteiger partial charge in [0, 0.05) is 12.0 Å². The Hall–Kier alpha value is -0.370. The summed E-state index contributed by atoms with van der Waals surface area (Å²) in [4.78, 5) is 13.9. The molecule has 0 unspecified atom stereocenters. The van der Waals surface area contributed by atoms with E-state index in [4.69, 9.17) is 0 Å². The third kappa shape index (κ3) is 3.34. The molecule has 2 nitrogen and oxygen atoms in total. The lowest BCUT2D eigenvalue weighted by atomic mass is 9.73. The standard InChI is InChI=1S/C16H31NO/c1-5-15(6-2)9-11-17(12-10-15)13-16(7-3,8-4)14-18/h14H,5-13H2,1-4H3. The topological polar surface area (TPSA) is 20.3 Å². The molecule has 0 amide bonds. The predicted molar refractivity (Wildman–Crippen MR) is 77.8 cm³/mol. The van der Waals surface area contributed by atoms with E-state index in [0.29, 0.717) is 5.41 Å². The van der Waals surface area contributed by atoms with Gasteiger partial charge in [0.25, 0.3) is 0 Å². The third-order valence-corrected chi connectivity index (χ3v) is 5.61. The fourth-order valence-corrected chi connectivity index (χ4v) is 3.27. The van der Waals surface area contributed by atoms with Crippen molar-refractivity contribution in [3.63, 3.8) is 0 Å². The average molecular weight is 253 g/mol. The van der Waals surface area contributed by atoms with Gasteiger partial charge in [0.1, 0.15) is 6.29 Å². The van der Waals surface area contributed by atoms with Crippen LogP contribution < -0.4 is 0 Å². The molecule has 1 heterocycles. The first kappa shape index (κ1) is 15.7. The van der Waals surface area contributed by atoms with Crippen molar-refractivity contribution in [2.24, 2.45) is 10.8 Å². The molecule has 1 aliphatic rings. The summed E-state index contributed by atoms with van der Waals surface area (Å²) in [6, 6.07) is 0. The molecule has 2 heteroatoms. The van der Waals surface area contributed by atoms with E-state index in [9.17, 15) is 4.79 Å². The minimum absolute atomic E-state index is 0.0988. The molecule has 18 heavy (non-hydrogen) atoms. The summed E-state index contributed by atoms with van der Waals surface area (Å²) in [5, 5.41) is 0. The maximum absolute atomic E-state index is 11.4. The third-order valence-electron chi connectivity index (χ3n) is 5.61. The molecule has 0 spiro atoms. The molecule has 1 fully saturated rings. The highest BCUT2D eigenvalue weighted by atomic mass is 16.1. The number of likely N-dealkylation sites (tertiary alicyclic amines) is 1. The number of carbonyl (C=O) groups excluding carboxylic acids is 1. The molecule has 0 aliphatic carbocycles. The predicted octanol–water partition coefficient (Wildman–Crippen LogP) is 3.89. The maximum atomic E-state index is 11.4. The van der Waals surface area contributed by atoms with Crippen molar-refractivity contribution < 1.29 is 4.79 Å². The quantitative estimate of drug-likeness (QED) is 0.641. The monoisotopic (exact) mass is 253 g/mol. The summed E-state index contributed by atoms with van der Waals surface area (Å²) in [7, 11) is 0. The van der Waals surface area contributed by atoms with E-state index in [2.05, 4.69) is 32.6 Å². The Morgan fingerprint density at radius 3 is 1.89 bits per heavy atom. The van der Waals surface area contributed by atoms with Crippen LogP contribution in [0.2, 0.25) is 0 Å². The van der Waals surface area contributed by atoms with E-state index in [1.165, 1.54) is 45.1 Å². The maximum Gasteiger partial charge on any atom is 0.127 e. The highest BCUT2D eigenvalue weighted by molar-refractivity contribution is 5.59. The fourth-order valence-electron chi connectivity index (χ4n) is 3.27. The van der Waals surface area contributed by atoms with Crippen LogP contribution in [0.3, 0.4) is 0 Å². The zero-order valence-corrected chi connectivity index (χ0v) is 12.8. The lowest BCUT2D eigenvalue weighted by Crippen LogP contribution is -2.45.